The number of urea groups is 1. The highest BCUT2D eigenvalue weighted by atomic mass is 16.2. The minimum absolute atomic E-state index is 0.278. The predicted octanol–water partition coefficient (Wildman–Crippen LogP) is 2.74. The number of nitrogens with zero attached hydrogens (tertiary/aromatic N) is 1. The standard InChI is InChI=1S/C18H25N3O3/c1-5-6-10-18(4)16(23)21(17(24)20-18)11-15(22)19-14-9-7-8-12(2)13(14)3/h7-9H,5-6,10-11H2,1-4H3,(H,19,22)(H,20,24)/t18-/m0/s1. The summed E-state index contributed by atoms with van der Waals surface area (Å²) in [5.74, 6) is -0.719. The van der Waals surface area contributed by atoms with E-state index in [1.807, 2.05) is 32.9 Å². The maximum absolute atomic E-state index is 12.5. The van der Waals surface area contributed by atoms with Crippen molar-refractivity contribution in [3.8, 4) is 0 Å². The Morgan fingerprint density at radius 3 is 2.67 bits per heavy atom. The summed E-state index contributed by atoms with van der Waals surface area (Å²) in [6.07, 6.45) is 2.35. The van der Waals surface area contributed by atoms with E-state index in [1.165, 1.54) is 0 Å². The van der Waals surface area contributed by atoms with E-state index in [2.05, 4.69) is 10.6 Å². The third kappa shape index (κ3) is 3.58. The lowest BCUT2D eigenvalue weighted by molar-refractivity contribution is -0.133. The van der Waals surface area contributed by atoms with Gasteiger partial charge in [0.05, 0.1) is 0 Å². The van der Waals surface area contributed by atoms with Crippen LogP contribution in [0.3, 0.4) is 0 Å². The predicted molar refractivity (Wildman–Crippen MR) is 92.7 cm³/mol. The largest absolute Gasteiger partial charge is 0.325 e. The summed E-state index contributed by atoms with van der Waals surface area (Å²) in [5, 5.41) is 5.49. The van der Waals surface area contributed by atoms with E-state index in [-0.39, 0.29) is 18.4 Å². The number of nitrogens with one attached hydrogen (secondary N) is 2. The summed E-state index contributed by atoms with van der Waals surface area (Å²) in [6.45, 7) is 7.34. The van der Waals surface area contributed by atoms with Gasteiger partial charge in [-0.15, -0.1) is 0 Å². The lowest BCUT2D eigenvalue weighted by Gasteiger charge is -2.21. The first-order valence-electron chi connectivity index (χ1n) is 8.28. The first-order valence-corrected chi connectivity index (χ1v) is 8.28. The van der Waals surface area contributed by atoms with E-state index < -0.39 is 11.6 Å². The molecule has 0 unspecified atom stereocenters. The van der Waals surface area contributed by atoms with Crippen molar-refractivity contribution in [2.75, 3.05) is 11.9 Å². The van der Waals surface area contributed by atoms with Crippen molar-refractivity contribution in [3.05, 3.63) is 29.3 Å². The van der Waals surface area contributed by atoms with Gasteiger partial charge in [0, 0.05) is 5.69 Å². The van der Waals surface area contributed by atoms with Crippen molar-refractivity contribution in [2.24, 2.45) is 0 Å². The van der Waals surface area contributed by atoms with Gasteiger partial charge in [-0.1, -0.05) is 31.9 Å². The molecule has 130 valence electrons. The first-order chi connectivity index (χ1) is 11.3. The van der Waals surface area contributed by atoms with Crippen LogP contribution in [0.25, 0.3) is 0 Å². The van der Waals surface area contributed by atoms with E-state index >= 15 is 0 Å². The highest BCUT2D eigenvalue weighted by Gasteiger charge is 2.47. The van der Waals surface area contributed by atoms with Gasteiger partial charge >= 0.3 is 6.03 Å². The van der Waals surface area contributed by atoms with Crippen LogP contribution in [0.1, 0.15) is 44.2 Å². The third-order valence-corrected chi connectivity index (χ3v) is 4.56. The number of benzene rings is 1. The fourth-order valence-electron chi connectivity index (χ4n) is 2.81. The molecule has 1 atom stereocenters. The number of anilines is 1. The van der Waals surface area contributed by atoms with Crippen molar-refractivity contribution in [3.63, 3.8) is 0 Å². The minimum Gasteiger partial charge on any atom is -0.324 e. The number of carbonyl (C=O) groups is 3. The molecule has 1 aliphatic heterocycles. The highest BCUT2D eigenvalue weighted by molar-refractivity contribution is 6.10. The molecule has 1 saturated heterocycles. The Balaban J connectivity index is 2.05. The molecule has 0 bridgehead atoms. The maximum Gasteiger partial charge on any atom is 0.325 e. The molecular formula is C18H25N3O3. The highest BCUT2D eigenvalue weighted by Crippen LogP contribution is 2.24. The Labute approximate surface area is 142 Å². The molecule has 1 aliphatic rings. The number of imide groups is 1. The van der Waals surface area contributed by atoms with E-state index in [0.717, 1.165) is 28.9 Å². The van der Waals surface area contributed by atoms with Gasteiger partial charge in [-0.3, -0.25) is 14.5 Å². The molecule has 1 aromatic rings. The van der Waals surface area contributed by atoms with Crippen LogP contribution in [-0.2, 0) is 9.59 Å². The molecule has 0 spiro atoms. The minimum atomic E-state index is -0.910. The van der Waals surface area contributed by atoms with Crippen molar-refractivity contribution < 1.29 is 14.4 Å². The lowest BCUT2D eigenvalue weighted by atomic mass is 9.95. The Kier molecular flexibility index (Phi) is 5.26. The summed E-state index contributed by atoms with van der Waals surface area (Å²) in [5.41, 5.74) is 1.82. The van der Waals surface area contributed by atoms with E-state index in [9.17, 15) is 14.4 Å². The van der Waals surface area contributed by atoms with Crippen LogP contribution in [-0.4, -0.2) is 34.8 Å². The van der Waals surface area contributed by atoms with Crippen LogP contribution in [0.4, 0.5) is 10.5 Å². The fraction of sp³-hybridized carbons (Fsp3) is 0.500. The summed E-state index contributed by atoms with van der Waals surface area (Å²) in [7, 11) is 0. The average molecular weight is 331 g/mol. The number of hydrogen-bond donors (Lipinski definition) is 2. The van der Waals surface area contributed by atoms with Crippen LogP contribution in [0, 0.1) is 13.8 Å². The number of hydrogen-bond acceptors (Lipinski definition) is 3. The van der Waals surface area contributed by atoms with E-state index in [0.29, 0.717) is 12.1 Å². The van der Waals surface area contributed by atoms with Crippen LogP contribution in [0.5, 0.6) is 0 Å². The van der Waals surface area contributed by atoms with Crippen molar-refractivity contribution >= 4 is 23.5 Å². The number of amides is 4. The van der Waals surface area contributed by atoms with E-state index in [4.69, 9.17) is 0 Å². The van der Waals surface area contributed by atoms with Crippen LogP contribution < -0.4 is 10.6 Å². The molecule has 2 N–H and O–H groups in total. The Bertz CT molecular complexity index is 671. The summed E-state index contributed by atoms with van der Waals surface area (Å²) in [4.78, 5) is 37.9. The summed E-state index contributed by atoms with van der Waals surface area (Å²) < 4.78 is 0. The Hall–Kier alpha value is -2.37. The quantitative estimate of drug-likeness (QED) is 0.787. The van der Waals surface area contributed by atoms with Gasteiger partial charge in [0.2, 0.25) is 5.91 Å². The van der Waals surface area contributed by atoms with Crippen LogP contribution in [0.2, 0.25) is 0 Å². The number of unbranched alkanes of at least 4 members (excludes halogenated alkanes) is 1. The Morgan fingerprint density at radius 1 is 1.29 bits per heavy atom. The molecule has 6 heteroatoms. The van der Waals surface area contributed by atoms with E-state index in [1.54, 1.807) is 13.0 Å². The smallest absolute Gasteiger partial charge is 0.324 e. The topological polar surface area (TPSA) is 78.5 Å². The molecule has 0 saturated carbocycles. The average Bonchev–Trinajstić information content (AvgIpc) is 2.74. The summed E-state index contributed by atoms with van der Waals surface area (Å²) >= 11 is 0. The Morgan fingerprint density at radius 2 is 2.00 bits per heavy atom. The number of carbonyl (C=O) groups excluding carboxylic acids is 3. The molecule has 0 aliphatic carbocycles. The monoisotopic (exact) mass is 331 g/mol. The zero-order valence-electron chi connectivity index (χ0n) is 14.7. The van der Waals surface area contributed by atoms with Gasteiger partial charge in [-0.2, -0.15) is 0 Å². The summed E-state index contributed by atoms with van der Waals surface area (Å²) in [6, 6.07) is 5.11. The number of rotatable bonds is 6. The second-order valence-corrected chi connectivity index (χ2v) is 6.55. The first kappa shape index (κ1) is 18.0. The molecule has 1 fully saturated rings. The van der Waals surface area contributed by atoms with Gasteiger partial charge in [0.1, 0.15) is 12.1 Å². The zero-order valence-corrected chi connectivity index (χ0v) is 14.7. The van der Waals surface area contributed by atoms with Gasteiger partial charge in [-0.05, 0) is 44.4 Å². The van der Waals surface area contributed by atoms with Gasteiger partial charge in [0.15, 0.2) is 0 Å². The van der Waals surface area contributed by atoms with Gasteiger partial charge in [0.25, 0.3) is 5.91 Å². The fourth-order valence-corrected chi connectivity index (χ4v) is 2.81. The number of aryl methyl sites for hydroxylation is 1. The molecule has 2 rings (SSSR count). The van der Waals surface area contributed by atoms with Gasteiger partial charge < -0.3 is 10.6 Å². The third-order valence-electron chi connectivity index (χ3n) is 4.56. The van der Waals surface area contributed by atoms with Crippen LogP contribution in [0.15, 0.2) is 18.2 Å². The molecular weight excluding hydrogens is 306 g/mol. The second-order valence-electron chi connectivity index (χ2n) is 6.55. The molecule has 0 radical (unpaired) electrons. The maximum atomic E-state index is 12.5. The normalized spacial score (nSPS) is 20.2. The second kappa shape index (κ2) is 7.03. The van der Waals surface area contributed by atoms with Gasteiger partial charge in [-0.25, -0.2) is 4.79 Å². The molecule has 1 aromatic carbocycles. The van der Waals surface area contributed by atoms with Crippen molar-refractivity contribution in [1.29, 1.82) is 0 Å². The molecule has 0 aromatic heterocycles. The van der Waals surface area contributed by atoms with Crippen molar-refractivity contribution in [1.82, 2.24) is 10.2 Å². The molecule has 4 amide bonds. The SMILES string of the molecule is CCCC[C@]1(C)NC(=O)N(CC(=O)Nc2cccc(C)c2C)C1=O. The zero-order chi connectivity index (χ0) is 17.9. The lowest BCUT2D eigenvalue weighted by Crippen LogP contribution is -2.44. The molecule has 1 heterocycles. The van der Waals surface area contributed by atoms with Crippen molar-refractivity contribution in [2.45, 2.75) is 52.5 Å². The molecule has 24 heavy (non-hydrogen) atoms. The van der Waals surface area contributed by atoms with Crippen LogP contribution >= 0.6 is 0 Å². The molecule has 6 nitrogen and oxygen atoms in total.